The van der Waals surface area contributed by atoms with Crippen LogP contribution in [0.3, 0.4) is 0 Å². The first-order chi connectivity index (χ1) is 9.60. The molecule has 0 radical (unpaired) electrons. The quantitative estimate of drug-likeness (QED) is 0.690. The molecule has 0 aliphatic heterocycles. The van der Waals surface area contributed by atoms with Crippen molar-refractivity contribution in [3.05, 3.63) is 16.4 Å². The normalized spacial score (nSPS) is 13.1. The van der Waals surface area contributed by atoms with Crippen LogP contribution in [-0.2, 0) is 11.3 Å². The van der Waals surface area contributed by atoms with Crippen LogP contribution in [0.4, 0.5) is 0 Å². The molecule has 1 unspecified atom stereocenters. The Morgan fingerprint density at radius 3 is 2.85 bits per heavy atom. The van der Waals surface area contributed by atoms with E-state index in [-0.39, 0.29) is 0 Å². The van der Waals surface area contributed by atoms with Crippen molar-refractivity contribution in [2.45, 2.75) is 45.0 Å². The van der Waals surface area contributed by atoms with E-state index in [9.17, 15) is 0 Å². The maximum atomic E-state index is 5.17. The Morgan fingerprint density at radius 2 is 2.25 bits per heavy atom. The molecule has 1 rings (SSSR count). The summed E-state index contributed by atoms with van der Waals surface area (Å²) in [5.74, 6) is 1.05. The first-order valence-electron chi connectivity index (χ1n) is 7.15. The summed E-state index contributed by atoms with van der Waals surface area (Å²) in [6.45, 7) is 9.15. The van der Waals surface area contributed by atoms with Gasteiger partial charge in [0.15, 0.2) is 0 Å². The third-order valence-corrected chi connectivity index (χ3v) is 4.71. The van der Waals surface area contributed by atoms with Gasteiger partial charge < -0.3 is 10.1 Å². The second-order valence-corrected chi connectivity index (χ2v) is 7.45. The lowest BCUT2D eigenvalue weighted by molar-refractivity contribution is 0.181. The minimum Gasteiger partial charge on any atom is -0.383 e. The molecule has 1 aromatic rings. The highest BCUT2D eigenvalue weighted by Crippen LogP contribution is 2.27. The summed E-state index contributed by atoms with van der Waals surface area (Å²) >= 11 is 5.61. The van der Waals surface area contributed by atoms with Gasteiger partial charge in [0.25, 0.3) is 0 Å². The van der Waals surface area contributed by atoms with Gasteiger partial charge in [-0.15, -0.1) is 0 Å². The van der Waals surface area contributed by atoms with Crippen molar-refractivity contribution in [1.82, 2.24) is 15.1 Å². The van der Waals surface area contributed by atoms with E-state index in [1.807, 2.05) is 22.6 Å². The van der Waals surface area contributed by atoms with Crippen LogP contribution >= 0.6 is 27.7 Å². The fourth-order valence-corrected chi connectivity index (χ4v) is 3.34. The SMILES string of the molecule is CCCNC(CSC(C)C)c1c(Br)cnn1CCOC. The van der Waals surface area contributed by atoms with Crippen molar-refractivity contribution in [3.8, 4) is 0 Å². The zero-order valence-electron chi connectivity index (χ0n) is 12.9. The molecule has 0 spiro atoms. The van der Waals surface area contributed by atoms with Gasteiger partial charge in [-0.05, 0) is 34.1 Å². The lowest BCUT2D eigenvalue weighted by Gasteiger charge is -2.21. The Kier molecular flexibility index (Phi) is 8.84. The molecule has 6 heteroatoms. The smallest absolute Gasteiger partial charge is 0.0705 e. The average Bonchev–Trinajstić information content (AvgIpc) is 2.78. The summed E-state index contributed by atoms with van der Waals surface area (Å²) in [6.07, 6.45) is 3.01. The lowest BCUT2D eigenvalue weighted by Crippen LogP contribution is -2.28. The second-order valence-electron chi connectivity index (χ2n) is 4.98. The topological polar surface area (TPSA) is 39.1 Å². The number of hydrogen-bond donors (Lipinski definition) is 1. The average molecular weight is 364 g/mol. The molecule has 1 heterocycles. The minimum atomic E-state index is 0.316. The number of thioether (sulfide) groups is 1. The Bertz CT molecular complexity index is 384. The van der Waals surface area contributed by atoms with Crippen LogP contribution in [0.15, 0.2) is 10.7 Å². The number of nitrogens with one attached hydrogen (secondary N) is 1. The van der Waals surface area contributed by atoms with Crippen LogP contribution in [0.2, 0.25) is 0 Å². The van der Waals surface area contributed by atoms with E-state index in [0.717, 1.165) is 29.7 Å². The highest BCUT2D eigenvalue weighted by Gasteiger charge is 2.20. The van der Waals surface area contributed by atoms with Gasteiger partial charge in [0.1, 0.15) is 0 Å². The Morgan fingerprint density at radius 1 is 1.50 bits per heavy atom. The van der Waals surface area contributed by atoms with Crippen molar-refractivity contribution >= 4 is 27.7 Å². The van der Waals surface area contributed by atoms with E-state index < -0.39 is 0 Å². The van der Waals surface area contributed by atoms with Crippen molar-refractivity contribution in [2.75, 3.05) is 26.0 Å². The van der Waals surface area contributed by atoms with Gasteiger partial charge in [0.2, 0.25) is 0 Å². The van der Waals surface area contributed by atoms with Gasteiger partial charge in [0.05, 0.1) is 35.6 Å². The molecule has 116 valence electrons. The van der Waals surface area contributed by atoms with Crippen molar-refractivity contribution in [3.63, 3.8) is 0 Å². The van der Waals surface area contributed by atoms with E-state index in [1.54, 1.807) is 7.11 Å². The maximum Gasteiger partial charge on any atom is 0.0705 e. The first kappa shape index (κ1) is 18.0. The van der Waals surface area contributed by atoms with E-state index in [4.69, 9.17) is 4.74 Å². The van der Waals surface area contributed by atoms with Gasteiger partial charge >= 0.3 is 0 Å². The number of methoxy groups -OCH3 is 1. The number of rotatable bonds is 10. The number of ether oxygens (including phenoxy) is 1. The largest absolute Gasteiger partial charge is 0.383 e. The molecule has 20 heavy (non-hydrogen) atoms. The van der Waals surface area contributed by atoms with Crippen molar-refractivity contribution in [2.24, 2.45) is 0 Å². The zero-order chi connectivity index (χ0) is 15.0. The van der Waals surface area contributed by atoms with E-state index in [2.05, 4.69) is 47.1 Å². The summed E-state index contributed by atoms with van der Waals surface area (Å²) in [4.78, 5) is 0. The van der Waals surface area contributed by atoms with Crippen molar-refractivity contribution in [1.29, 1.82) is 0 Å². The summed E-state index contributed by atoms with van der Waals surface area (Å²) in [6, 6.07) is 0.316. The van der Waals surface area contributed by atoms with Crippen molar-refractivity contribution < 1.29 is 4.74 Å². The van der Waals surface area contributed by atoms with Gasteiger partial charge in [0, 0.05) is 12.9 Å². The molecular formula is C14H26BrN3OS. The predicted octanol–water partition coefficient (Wildman–Crippen LogP) is 3.47. The molecule has 0 bridgehead atoms. The predicted molar refractivity (Wildman–Crippen MR) is 90.4 cm³/mol. The molecule has 0 saturated carbocycles. The van der Waals surface area contributed by atoms with Crippen LogP contribution < -0.4 is 5.32 Å². The van der Waals surface area contributed by atoms with E-state index >= 15 is 0 Å². The molecule has 0 fully saturated rings. The van der Waals surface area contributed by atoms with Crippen LogP contribution in [0.25, 0.3) is 0 Å². The third-order valence-electron chi connectivity index (χ3n) is 2.91. The molecule has 1 aromatic heterocycles. The molecule has 0 amide bonds. The van der Waals surface area contributed by atoms with Crippen LogP contribution in [0, 0.1) is 0 Å². The Labute approximate surface area is 135 Å². The molecule has 0 aliphatic rings. The molecule has 0 saturated heterocycles. The highest BCUT2D eigenvalue weighted by atomic mass is 79.9. The Balaban J connectivity index is 2.83. The molecule has 4 nitrogen and oxygen atoms in total. The fourth-order valence-electron chi connectivity index (χ4n) is 1.92. The van der Waals surface area contributed by atoms with Gasteiger partial charge in [-0.25, -0.2) is 0 Å². The minimum absolute atomic E-state index is 0.316. The molecular weight excluding hydrogens is 338 g/mol. The molecule has 0 aromatic carbocycles. The number of halogens is 1. The number of aromatic nitrogens is 2. The van der Waals surface area contributed by atoms with Crippen LogP contribution in [0.1, 0.15) is 38.9 Å². The van der Waals surface area contributed by atoms with Crippen LogP contribution in [-0.4, -0.2) is 41.0 Å². The summed E-state index contributed by atoms with van der Waals surface area (Å²) in [5.41, 5.74) is 1.23. The molecule has 1 N–H and O–H groups in total. The van der Waals surface area contributed by atoms with Gasteiger partial charge in [-0.3, -0.25) is 4.68 Å². The number of hydrogen-bond acceptors (Lipinski definition) is 4. The molecule has 0 aliphatic carbocycles. The lowest BCUT2D eigenvalue weighted by atomic mass is 10.2. The van der Waals surface area contributed by atoms with E-state index in [1.165, 1.54) is 5.69 Å². The second kappa shape index (κ2) is 9.82. The zero-order valence-corrected chi connectivity index (χ0v) is 15.3. The first-order valence-corrected chi connectivity index (χ1v) is 8.99. The Hall–Kier alpha value is -0.0400. The van der Waals surface area contributed by atoms with Crippen LogP contribution in [0.5, 0.6) is 0 Å². The van der Waals surface area contributed by atoms with E-state index in [0.29, 0.717) is 17.9 Å². The maximum absolute atomic E-state index is 5.17. The standard InChI is InChI=1S/C14H26BrN3OS/c1-5-6-16-13(10-20-11(2)3)14-12(15)9-17-18(14)7-8-19-4/h9,11,13,16H,5-8,10H2,1-4H3. The number of nitrogens with zero attached hydrogens (tertiary/aromatic N) is 2. The summed E-state index contributed by atoms with van der Waals surface area (Å²) in [7, 11) is 1.72. The third kappa shape index (κ3) is 5.76. The van der Waals surface area contributed by atoms with Gasteiger partial charge in [-0.1, -0.05) is 20.8 Å². The fraction of sp³-hybridized carbons (Fsp3) is 0.786. The summed E-state index contributed by atoms with van der Waals surface area (Å²) in [5, 5.41) is 8.72. The van der Waals surface area contributed by atoms with Gasteiger partial charge in [-0.2, -0.15) is 16.9 Å². The molecule has 1 atom stereocenters. The summed E-state index contributed by atoms with van der Waals surface area (Å²) < 4.78 is 8.29. The highest BCUT2D eigenvalue weighted by molar-refractivity contribution is 9.10. The monoisotopic (exact) mass is 363 g/mol.